The molecule has 0 saturated carbocycles. The lowest BCUT2D eigenvalue weighted by atomic mass is 9.98. The van der Waals surface area contributed by atoms with Gasteiger partial charge in [0.25, 0.3) is 11.6 Å². The topological polar surface area (TPSA) is 119 Å². The third-order valence-corrected chi connectivity index (χ3v) is 4.24. The number of β-lactam (4-membered cyclic amide) rings is 1. The second-order valence-corrected chi connectivity index (χ2v) is 6.34. The minimum atomic E-state index is -1.94. The Morgan fingerprint density at radius 2 is 2.04 bits per heavy atom. The van der Waals surface area contributed by atoms with E-state index in [1.165, 1.54) is 31.2 Å². The summed E-state index contributed by atoms with van der Waals surface area (Å²) in [6.07, 6.45) is -1.94. The number of carbonyl (C=O) groups excluding carboxylic acids is 3. The molecule has 2 amide bonds. The Hall–Kier alpha value is -3.01. The van der Waals surface area contributed by atoms with Gasteiger partial charge in [-0.3, -0.25) is 24.6 Å². The highest BCUT2D eigenvalue weighted by Gasteiger charge is 2.54. The Morgan fingerprint density at radius 3 is 2.50 bits per heavy atom. The minimum absolute atomic E-state index is 0.119. The van der Waals surface area contributed by atoms with Crippen molar-refractivity contribution in [2.24, 2.45) is 0 Å². The van der Waals surface area contributed by atoms with Crippen LogP contribution in [0.5, 0.6) is 0 Å². The van der Waals surface area contributed by atoms with Gasteiger partial charge in [-0.25, -0.2) is 9.18 Å². The molecule has 1 saturated heterocycles. The highest BCUT2D eigenvalue weighted by atomic mass is 35.5. The molecule has 0 bridgehead atoms. The molecule has 3 atom stereocenters. The predicted octanol–water partition coefficient (Wildman–Crippen LogP) is 1.44. The van der Waals surface area contributed by atoms with Gasteiger partial charge >= 0.3 is 5.97 Å². The van der Waals surface area contributed by atoms with E-state index in [1.54, 1.807) is 0 Å². The van der Waals surface area contributed by atoms with Crippen LogP contribution in [0.3, 0.4) is 0 Å². The maximum Gasteiger partial charge on any atom is 0.333 e. The van der Waals surface area contributed by atoms with Crippen molar-refractivity contribution in [2.45, 2.75) is 31.9 Å². The molecule has 0 aliphatic carbocycles. The van der Waals surface area contributed by atoms with E-state index in [0.717, 1.165) is 0 Å². The highest BCUT2D eigenvalue weighted by Crippen LogP contribution is 2.28. The fraction of sp³-hybridized carbons (Fsp3) is 0.353. The van der Waals surface area contributed by atoms with E-state index < -0.39 is 47.0 Å². The van der Waals surface area contributed by atoms with Crippen molar-refractivity contribution in [2.75, 3.05) is 5.88 Å². The Balaban J connectivity index is 2.02. The molecule has 11 heteroatoms. The fourth-order valence-electron chi connectivity index (χ4n) is 2.59. The number of nitrogens with one attached hydrogen (secondary N) is 1. The van der Waals surface area contributed by atoms with Crippen LogP contribution in [0.4, 0.5) is 10.1 Å². The van der Waals surface area contributed by atoms with Gasteiger partial charge in [-0.1, -0.05) is 6.58 Å². The summed E-state index contributed by atoms with van der Waals surface area (Å²) in [5.41, 5.74) is 0.525. The maximum absolute atomic E-state index is 14.4. The summed E-state index contributed by atoms with van der Waals surface area (Å²) in [4.78, 5) is 46.5. The first-order chi connectivity index (χ1) is 13.2. The van der Waals surface area contributed by atoms with Gasteiger partial charge in [-0.05, 0) is 30.2 Å². The SMILES string of the molecule is C=C(C)C(C(=O)OCc1ccc([N+](=O)[O-])cc1)N1C(=O)C(NC(=O)CCl)C1F. The zero-order valence-corrected chi connectivity index (χ0v) is 15.5. The van der Waals surface area contributed by atoms with E-state index in [2.05, 4.69) is 11.9 Å². The largest absolute Gasteiger partial charge is 0.459 e. The molecule has 1 aliphatic heterocycles. The number of likely N-dealkylation sites (tertiary alicyclic amines) is 1. The van der Waals surface area contributed by atoms with Gasteiger partial charge in [0, 0.05) is 12.1 Å². The summed E-state index contributed by atoms with van der Waals surface area (Å²) in [7, 11) is 0. The summed E-state index contributed by atoms with van der Waals surface area (Å²) in [5.74, 6) is -2.86. The van der Waals surface area contributed by atoms with Crippen LogP contribution < -0.4 is 5.32 Å². The Labute approximate surface area is 164 Å². The Bertz CT molecular complexity index is 816. The van der Waals surface area contributed by atoms with Crippen LogP contribution >= 0.6 is 11.6 Å². The van der Waals surface area contributed by atoms with Crippen molar-refractivity contribution in [3.63, 3.8) is 0 Å². The predicted molar refractivity (Wildman–Crippen MR) is 95.9 cm³/mol. The number of ether oxygens (including phenoxy) is 1. The molecule has 1 aromatic rings. The number of nitrogens with zero attached hydrogens (tertiary/aromatic N) is 2. The molecule has 9 nitrogen and oxygen atoms in total. The number of hydrogen-bond donors (Lipinski definition) is 1. The van der Waals surface area contributed by atoms with Crippen LogP contribution in [0, 0.1) is 10.1 Å². The standard InChI is InChI=1S/C17H17ClFN3O6/c1-9(2)14(21-15(19)13(16(21)24)20-12(23)7-18)17(25)28-8-10-3-5-11(6-4-10)22(26)27/h3-6,13-15H,1,7-8H2,2H3,(H,20,23). The lowest BCUT2D eigenvalue weighted by molar-refractivity contribution is -0.384. The smallest absolute Gasteiger partial charge is 0.333 e. The van der Waals surface area contributed by atoms with Crippen molar-refractivity contribution in [3.8, 4) is 0 Å². The fourth-order valence-corrected chi connectivity index (χ4v) is 2.67. The van der Waals surface area contributed by atoms with Crippen molar-refractivity contribution >= 4 is 35.1 Å². The molecule has 0 spiro atoms. The quantitative estimate of drug-likeness (QED) is 0.131. The number of benzene rings is 1. The molecular weight excluding hydrogens is 397 g/mol. The zero-order chi connectivity index (χ0) is 21.0. The molecule has 28 heavy (non-hydrogen) atoms. The van der Waals surface area contributed by atoms with Crippen LogP contribution in [0.15, 0.2) is 36.4 Å². The number of nitro groups is 1. The van der Waals surface area contributed by atoms with Crippen LogP contribution in [-0.4, -0.2) is 51.9 Å². The third-order valence-electron chi connectivity index (χ3n) is 4.00. The normalized spacial score (nSPS) is 19.4. The van der Waals surface area contributed by atoms with E-state index in [0.29, 0.717) is 10.5 Å². The third kappa shape index (κ3) is 4.45. The molecule has 1 aliphatic rings. The Kier molecular flexibility index (Phi) is 6.68. The molecule has 1 heterocycles. The van der Waals surface area contributed by atoms with E-state index in [-0.39, 0.29) is 17.9 Å². The number of hydrogen-bond acceptors (Lipinski definition) is 6. The van der Waals surface area contributed by atoms with Gasteiger partial charge < -0.3 is 10.1 Å². The monoisotopic (exact) mass is 413 g/mol. The number of carbonyl (C=O) groups is 3. The number of amides is 2. The summed E-state index contributed by atoms with van der Waals surface area (Å²) >= 11 is 5.31. The second kappa shape index (κ2) is 8.79. The van der Waals surface area contributed by atoms with Gasteiger partial charge in [-0.15, -0.1) is 11.6 Å². The summed E-state index contributed by atoms with van der Waals surface area (Å²) in [6.45, 7) is 4.79. The summed E-state index contributed by atoms with van der Waals surface area (Å²) in [6, 6.07) is 2.53. The molecule has 1 fully saturated rings. The van der Waals surface area contributed by atoms with E-state index >= 15 is 0 Å². The van der Waals surface area contributed by atoms with Crippen molar-refractivity contribution in [1.82, 2.24) is 10.2 Å². The average molecular weight is 414 g/mol. The van der Waals surface area contributed by atoms with Crippen molar-refractivity contribution < 1.29 is 28.4 Å². The van der Waals surface area contributed by atoms with Gasteiger partial charge in [0.05, 0.1) is 4.92 Å². The van der Waals surface area contributed by atoms with Crippen LogP contribution in [0.2, 0.25) is 0 Å². The second-order valence-electron chi connectivity index (χ2n) is 6.08. The molecule has 1 aromatic carbocycles. The number of rotatable bonds is 8. The molecule has 150 valence electrons. The van der Waals surface area contributed by atoms with Crippen LogP contribution in [0.1, 0.15) is 12.5 Å². The Morgan fingerprint density at radius 1 is 1.43 bits per heavy atom. The van der Waals surface area contributed by atoms with E-state index in [4.69, 9.17) is 16.3 Å². The number of alkyl halides is 2. The molecule has 0 radical (unpaired) electrons. The summed E-state index contributed by atoms with van der Waals surface area (Å²) < 4.78 is 19.5. The zero-order valence-electron chi connectivity index (χ0n) is 14.8. The van der Waals surface area contributed by atoms with Gasteiger partial charge in [0.1, 0.15) is 12.5 Å². The number of esters is 1. The highest BCUT2D eigenvalue weighted by molar-refractivity contribution is 6.27. The van der Waals surface area contributed by atoms with Gasteiger partial charge in [-0.2, -0.15) is 0 Å². The first-order valence-electron chi connectivity index (χ1n) is 8.04. The lowest BCUT2D eigenvalue weighted by Crippen LogP contribution is -2.72. The number of non-ortho nitro benzene ring substituents is 1. The summed E-state index contributed by atoms with van der Waals surface area (Å²) in [5, 5.41) is 12.8. The lowest BCUT2D eigenvalue weighted by Gasteiger charge is -2.45. The van der Waals surface area contributed by atoms with Crippen molar-refractivity contribution in [3.05, 3.63) is 52.1 Å². The maximum atomic E-state index is 14.4. The van der Waals surface area contributed by atoms with Crippen LogP contribution in [0.25, 0.3) is 0 Å². The number of nitro benzene ring substituents is 1. The van der Waals surface area contributed by atoms with Gasteiger partial charge in [0.15, 0.2) is 12.1 Å². The molecule has 2 rings (SSSR count). The minimum Gasteiger partial charge on any atom is -0.459 e. The molecule has 1 N–H and O–H groups in total. The van der Waals surface area contributed by atoms with Crippen LogP contribution in [-0.2, 0) is 25.7 Å². The first kappa shape index (κ1) is 21.3. The first-order valence-corrected chi connectivity index (χ1v) is 8.57. The van der Waals surface area contributed by atoms with E-state index in [1.807, 2.05) is 0 Å². The number of halogens is 2. The van der Waals surface area contributed by atoms with Gasteiger partial charge in [0.2, 0.25) is 12.2 Å². The average Bonchev–Trinajstić information content (AvgIpc) is 2.67. The molecule has 0 aromatic heterocycles. The van der Waals surface area contributed by atoms with Crippen molar-refractivity contribution in [1.29, 1.82) is 0 Å². The van der Waals surface area contributed by atoms with E-state index in [9.17, 15) is 28.9 Å². The molecule has 3 unspecified atom stereocenters. The molecular formula is C17H17ClFN3O6.